The number of alkyl halides is 5. The van der Waals surface area contributed by atoms with Crippen LogP contribution in [0.3, 0.4) is 0 Å². The van der Waals surface area contributed by atoms with Crippen LogP contribution in [-0.4, -0.2) is 19.8 Å². The van der Waals surface area contributed by atoms with Gasteiger partial charge >= 0.3 is 6.36 Å². The Labute approximate surface area is 98.5 Å². The third-order valence-corrected chi connectivity index (χ3v) is 2.10. The van der Waals surface area contributed by atoms with Crippen LogP contribution in [-0.2, 0) is 0 Å². The highest BCUT2D eigenvalue weighted by atomic mass is 19.4. The molecule has 2 nitrogen and oxygen atoms in total. The van der Waals surface area contributed by atoms with Crippen molar-refractivity contribution in [2.24, 2.45) is 0 Å². The Hall–Kier alpha value is -1.44. The van der Waals surface area contributed by atoms with E-state index in [1.165, 1.54) is 7.05 Å². The molecular formula is C10H9F6NO. The first kappa shape index (κ1) is 14.6. The summed E-state index contributed by atoms with van der Waals surface area (Å²) in [7, 11) is 1.19. The summed E-state index contributed by atoms with van der Waals surface area (Å²) in [6.45, 7) is 0. The second-order valence-corrected chi connectivity index (χ2v) is 3.33. The van der Waals surface area contributed by atoms with Crippen molar-refractivity contribution in [1.29, 1.82) is 0 Å². The molecule has 0 spiro atoms. The van der Waals surface area contributed by atoms with Crippen LogP contribution in [0.15, 0.2) is 18.2 Å². The van der Waals surface area contributed by atoms with Gasteiger partial charge < -0.3 is 10.1 Å². The zero-order chi connectivity index (χ0) is 13.9. The molecule has 1 aromatic carbocycles. The zero-order valence-corrected chi connectivity index (χ0v) is 9.06. The molecule has 1 aromatic rings. The molecule has 0 aliphatic heterocycles. The number of hydrogen-bond acceptors (Lipinski definition) is 2. The minimum absolute atomic E-state index is 0.412. The van der Waals surface area contributed by atoms with Crippen molar-refractivity contribution in [2.45, 2.75) is 18.8 Å². The maximum Gasteiger partial charge on any atom is 0.573 e. The summed E-state index contributed by atoms with van der Waals surface area (Å²) in [6, 6.07) is 0.419. The summed E-state index contributed by atoms with van der Waals surface area (Å²) >= 11 is 0. The normalized spacial score (nSPS) is 13.8. The Morgan fingerprint density at radius 3 is 2.22 bits per heavy atom. The Bertz CT molecular complexity index is 406. The first-order valence-corrected chi connectivity index (χ1v) is 4.75. The molecule has 18 heavy (non-hydrogen) atoms. The molecular weight excluding hydrogens is 264 g/mol. The highest BCUT2D eigenvalue weighted by Gasteiger charge is 2.32. The van der Waals surface area contributed by atoms with Gasteiger partial charge in [0.15, 0.2) is 0 Å². The van der Waals surface area contributed by atoms with E-state index in [9.17, 15) is 26.3 Å². The van der Waals surface area contributed by atoms with Crippen molar-refractivity contribution in [3.05, 3.63) is 29.6 Å². The van der Waals surface area contributed by atoms with Crippen molar-refractivity contribution in [3.8, 4) is 5.75 Å². The van der Waals surface area contributed by atoms with Gasteiger partial charge in [-0.05, 0) is 13.1 Å². The van der Waals surface area contributed by atoms with Crippen LogP contribution in [0, 0.1) is 5.82 Å². The maximum atomic E-state index is 13.4. The largest absolute Gasteiger partial charge is 0.573 e. The van der Waals surface area contributed by atoms with Crippen LogP contribution in [0.2, 0.25) is 0 Å². The van der Waals surface area contributed by atoms with Crippen LogP contribution in [0.4, 0.5) is 26.3 Å². The molecule has 0 fully saturated rings. The number of benzene rings is 1. The Balaban J connectivity index is 2.99. The summed E-state index contributed by atoms with van der Waals surface area (Å²) in [5, 5.41) is 2.17. The molecule has 1 atom stereocenters. The third-order valence-electron chi connectivity index (χ3n) is 2.10. The Kier molecular flexibility index (Phi) is 4.44. The summed E-state index contributed by atoms with van der Waals surface area (Å²) in [6.07, 6.45) is -7.85. The fraction of sp³-hybridized carbons (Fsp3) is 0.400. The molecule has 0 saturated carbocycles. The van der Waals surface area contributed by atoms with Gasteiger partial charge in [-0.25, -0.2) is 13.2 Å². The van der Waals surface area contributed by atoms with Crippen LogP contribution in [0.5, 0.6) is 5.75 Å². The van der Waals surface area contributed by atoms with E-state index in [1.54, 1.807) is 0 Å². The lowest BCUT2D eigenvalue weighted by Gasteiger charge is -2.17. The smallest absolute Gasteiger partial charge is 0.406 e. The number of halogens is 6. The molecule has 0 unspecified atom stereocenters. The lowest BCUT2D eigenvalue weighted by Crippen LogP contribution is -2.25. The van der Waals surface area contributed by atoms with E-state index in [0.29, 0.717) is 6.07 Å². The zero-order valence-electron chi connectivity index (χ0n) is 9.06. The first-order chi connectivity index (χ1) is 8.24. The van der Waals surface area contributed by atoms with E-state index >= 15 is 0 Å². The lowest BCUT2D eigenvalue weighted by atomic mass is 10.1. The fourth-order valence-electron chi connectivity index (χ4n) is 1.37. The van der Waals surface area contributed by atoms with Crippen LogP contribution in [0.1, 0.15) is 11.6 Å². The second kappa shape index (κ2) is 5.47. The van der Waals surface area contributed by atoms with Crippen LogP contribution < -0.4 is 10.1 Å². The summed E-state index contributed by atoms with van der Waals surface area (Å²) < 4.78 is 77.4. The van der Waals surface area contributed by atoms with Gasteiger partial charge in [0.2, 0.25) is 0 Å². The highest BCUT2D eigenvalue weighted by Crippen LogP contribution is 2.28. The average Bonchev–Trinajstić information content (AvgIpc) is 2.19. The highest BCUT2D eigenvalue weighted by molar-refractivity contribution is 5.31. The van der Waals surface area contributed by atoms with E-state index in [-0.39, 0.29) is 0 Å². The maximum absolute atomic E-state index is 13.4. The van der Waals surface area contributed by atoms with Crippen LogP contribution in [0.25, 0.3) is 0 Å². The SMILES string of the molecule is CN[C@@H](c1ccc(OC(F)(F)F)cc1F)C(F)F. The molecule has 0 aliphatic rings. The minimum Gasteiger partial charge on any atom is -0.406 e. The topological polar surface area (TPSA) is 21.3 Å². The fourth-order valence-corrected chi connectivity index (χ4v) is 1.37. The summed E-state index contributed by atoms with van der Waals surface area (Å²) in [5.74, 6) is -2.00. The predicted octanol–water partition coefficient (Wildman–Crippen LogP) is 3.25. The van der Waals surface area contributed by atoms with Gasteiger partial charge in [0.1, 0.15) is 11.6 Å². The van der Waals surface area contributed by atoms with Gasteiger partial charge in [-0.15, -0.1) is 13.2 Å². The van der Waals surface area contributed by atoms with Crippen molar-refractivity contribution in [2.75, 3.05) is 7.05 Å². The molecule has 0 radical (unpaired) electrons. The Morgan fingerprint density at radius 1 is 1.22 bits per heavy atom. The predicted molar refractivity (Wildman–Crippen MR) is 50.9 cm³/mol. The average molecular weight is 273 g/mol. The van der Waals surface area contributed by atoms with Gasteiger partial charge in [0, 0.05) is 11.6 Å². The van der Waals surface area contributed by atoms with Crippen molar-refractivity contribution in [3.63, 3.8) is 0 Å². The van der Waals surface area contributed by atoms with E-state index in [4.69, 9.17) is 0 Å². The number of nitrogens with one attached hydrogen (secondary N) is 1. The number of rotatable bonds is 4. The summed E-state index contributed by atoms with van der Waals surface area (Å²) in [4.78, 5) is 0. The van der Waals surface area contributed by atoms with Gasteiger partial charge in [-0.2, -0.15) is 0 Å². The molecule has 0 bridgehead atoms. The monoisotopic (exact) mass is 273 g/mol. The van der Waals surface area contributed by atoms with Crippen molar-refractivity contribution < 1.29 is 31.1 Å². The van der Waals surface area contributed by atoms with Gasteiger partial charge in [0.25, 0.3) is 6.43 Å². The molecule has 0 heterocycles. The molecule has 8 heteroatoms. The molecule has 1 N–H and O–H groups in total. The lowest BCUT2D eigenvalue weighted by molar-refractivity contribution is -0.274. The van der Waals surface area contributed by atoms with E-state index in [2.05, 4.69) is 10.1 Å². The van der Waals surface area contributed by atoms with Gasteiger partial charge in [-0.3, -0.25) is 0 Å². The molecule has 0 amide bonds. The second-order valence-electron chi connectivity index (χ2n) is 3.33. The van der Waals surface area contributed by atoms with E-state index in [1.807, 2.05) is 0 Å². The summed E-state index contributed by atoms with van der Waals surface area (Å²) in [5.41, 5.74) is -0.429. The molecule has 102 valence electrons. The molecule has 0 saturated heterocycles. The van der Waals surface area contributed by atoms with E-state index in [0.717, 1.165) is 12.1 Å². The standard InChI is InChI=1S/C10H9F6NO/c1-17-8(9(12)13)6-3-2-5(4-7(6)11)18-10(14,15)16/h2-4,8-9,17H,1H3/t8-/m0/s1. The molecule has 1 rings (SSSR count). The Morgan fingerprint density at radius 2 is 1.83 bits per heavy atom. The van der Waals surface area contributed by atoms with Crippen molar-refractivity contribution >= 4 is 0 Å². The third kappa shape index (κ3) is 3.80. The molecule has 0 aliphatic carbocycles. The first-order valence-electron chi connectivity index (χ1n) is 4.75. The quantitative estimate of drug-likeness (QED) is 0.850. The van der Waals surface area contributed by atoms with E-state index < -0.39 is 36.0 Å². The van der Waals surface area contributed by atoms with Crippen molar-refractivity contribution in [1.82, 2.24) is 5.32 Å². The molecule has 0 aromatic heterocycles. The van der Waals surface area contributed by atoms with Crippen LogP contribution >= 0.6 is 0 Å². The number of hydrogen-bond donors (Lipinski definition) is 1. The number of ether oxygens (including phenoxy) is 1. The van der Waals surface area contributed by atoms with Gasteiger partial charge in [0.05, 0.1) is 6.04 Å². The minimum atomic E-state index is -4.96. The van der Waals surface area contributed by atoms with Gasteiger partial charge in [-0.1, -0.05) is 6.07 Å².